The summed E-state index contributed by atoms with van der Waals surface area (Å²) in [4.78, 5) is 47.0. The first-order chi connectivity index (χ1) is 49.6. The Labute approximate surface area is 570 Å². The van der Waals surface area contributed by atoms with Gasteiger partial charge in [-0.1, -0.05) is 152 Å². The van der Waals surface area contributed by atoms with Gasteiger partial charge in [0.25, 0.3) is 0 Å². The Balaban J connectivity index is 0.649. The molecule has 9 aromatic heterocycles. The summed E-state index contributed by atoms with van der Waals surface area (Å²) in [5.41, 5.74) is 21.4. The van der Waals surface area contributed by atoms with Crippen molar-refractivity contribution in [1.82, 2.24) is 68.1 Å². The van der Waals surface area contributed by atoms with Crippen molar-refractivity contribution in [3.8, 4) is 102 Å². The van der Waals surface area contributed by atoms with Gasteiger partial charge in [-0.25, -0.2) is 49.8 Å². The molecule has 9 heterocycles. The van der Waals surface area contributed by atoms with Gasteiger partial charge in [-0.05, 0) is 138 Å². The average molecular weight is 1280 g/mol. The number of hydrogen-bond donors (Lipinski definition) is 0. The van der Waals surface area contributed by atoms with Gasteiger partial charge in [0.1, 0.15) is 0 Å². The highest BCUT2D eigenvalue weighted by Gasteiger charge is 2.22. The Morgan fingerprint density at radius 1 is 0.180 bits per heavy atom. The molecule has 11 aromatic carbocycles. The number of aromatic nitrogens is 14. The lowest BCUT2D eigenvalue weighted by Gasteiger charge is -2.13. The topological polar surface area (TPSA) is 149 Å². The maximum absolute atomic E-state index is 5.48. The van der Waals surface area contributed by atoms with Crippen LogP contribution < -0.4 is 0 Å². The van der Waals surface area contributed by atoms with Crippen molar-refractivity contribution in [2.75, 3.05) is 0 Å². The van der Waals surface area contributed by atoms with Crippen molar-refractivity contribution < 1.29 is 0 Å². The molecule has 100 heavy (non-hydrogen) atoms. The van der Waals surface area contributed by atoms with Gasteiger partial charge in [-0.3, -0.25) is 0 Å². The van der Waals surface area contributed by atoms with Crippen molar-refractivity contribution in [2.24, 2.45) is 0 Å². The molecule has 0 aliphatic carbocycles. The highest BCUT2D eigenvalue weighted by Crippen LogP contribution is 2.42. The third kappa shape index (κ3) is 9.26. The molecular formula is C86H52N14. The Bertz CT molecular complexity index is 6260. The fraction of sp³-hybridized carbons (Fsp3) is 0. The van der Waals surface area contributed by atoms with E-state index in [4.69, 9.17) is 29.9 Å². The van der Waals surface area contributed by atoms with E-state index >= 15 is 0 Å². The highest BCUT2D eigenvalue weighted by molar-refractivity contribution is 6.15. The minimum Gasteiger partial charge on any atom is -0.309 e. The quantitative estimate of drug-likeness (QED) is 0.122. The molecule has 14 nitrogen and oxygen atoms in total. The van der Waals surface area contributed by atoms with Crippen molar-refractivity contribution in [3.05, 3.63) is 316 Å². The number of nitrogens with zero attached hydrogens (tertiary/aromatic N) is 14. The summed E-state index contributed by atoms with van der Waals surface area (Å²) in [6, 6.07) is 95.0. The lowest BCUT2D eigenvalue weighted by molar-refractivity contribution is 1.04. The van der Waals surface area contributed by atoms with Crippen LogP contribution in [0.15, 0.2) is 316 Å². The SMILES string of the molecule is c1ccc(-c2cc(-c3cccc(-n4c5ccccc5c5cc(-c6ccc7c(c6)c6ccccc6n7-c6cnc(-c7ncccn7)nc6)ccc54)c3)nc(-c3cccc(-n4c5ccccc5c5cc(-c6ccc7c(c6)c6ccccc6n7-c6cnc(-c7ncccn7)nc6)ccc54)c3)n2)cc1. The molecule has 0 radical (unpaired) electrons. The number of rotatable bonds is 11. The normalized spacial score (nSPS) is 11.8. The van der Waals surface area contributed by atoms with Gasteiger partial charge in [0.15, 0.2) is 29.1 Å². The summed E-state index contributed by atoms with van der Waals surface area (Å²) in [6.45, 7) is 0. The Hall–Kier alpha value is -14.0. The molecule has 20 aromatic rings. The Morgan fingerprint density at radius 2 is 0.490 bits per heavy atom. The van der Waals surface area contributed by atoms with Crippen LogP contribution in [-0.4, -0.2) is 68.1 Å². The summed E-state index contributed by atoms with van der Waals surface area (Å²) in [6.07, 6.45) is 14.2. The van der Waals surface area contributed by atoms with Crippen LogP contribution in [-0.2, 0) is 0 Å². The third-order valence-corrected chi connectivity index (χ3v) is 19.2. The molecule has 0 bridgehead atoms. The molecule has 0 aliphatic rings. The third-order valence-electron chi connectivity index (χ3n) is 19.2. The standard InChI is InChI=1S/C86H52N14/c1-2-16-53(17-3-1)72-48-73(58-18-12-20-60(42-58)97-74-26-8-4-22-64(74)68-44-54(30-34-78(68)97)56-32-36-80-70(46-56)66-24-6-10-28-76(66)99(80)62-49-91-85(92-50-62)83-87-38-14-39-88-83)96-82(95-72)59-19-13-21-61(43-59)98-75-27-9-5-23-65(75)69-45-55(31-35-79(69)98)57-33-37-81-71(47-57)67-25-7-11-29-77(67)100(81)63-51-93-86(94-52-63)84-89-40-15-41-90-84/h1-52H. The first kappa shape index (κ1) is 56.4. The summed E-state index contributed by atoms with van der Waals surface area (Å²) in [7, 11) is 0. The Kier molecular flexibility index (Phi) is 12.9. The number of hydrogen-bond acceptors (Lipinski definition) is 10. The van der Waals surface area contributed by atoms with Crippen LogP contribution in [0.2, 0.25) is 0 Å². The smallest absolute Gasteiger partial charge is 0.197 e. The van der Waals surface area contributed by atoms with Gasteiger partial charge in [0, 0.05) is 95.9 Å². The van der Waals surface area contributed by atoms with Crippen LogP contribution in [0.25, 0.3) is 189 Å². The fourth-order valence-corrected chi connectivity index (χ4v) is 14.7. The largest absolute Gasteiger partial charge is 0.309 e. The van der Waals surface area contributed by atoms with Crippen LogP contribution >= 0.6 is 0 Å². The van der Waals surface area contributed by atoms with E-state index in [2.05, 4.69) is 287 Å². The molecule has 0 amide bonds. The van der Waals surface area contributed by atoms with E-state index in [9.17, 15) is 0 Å². The zero-order valence-corrected chi connectivity index (χ0v) is 53.3. The van der Waals surface area contributed by atoms with Crippen molar-refractivity contribution in [1.29, 1.82) is 0 Å². The molecule has 20 rings (SSSR count). The maximum atomic E-state index is 5.48. The monoisotopic (exact) mass is 1280 g/mol. The van der Waals surface area contributed by atoms with Crippen LogP contribution in [0.3, 0.4) is 0 Å². The maximum Gasteiger partial charge on any atom is 0.197 e. The Morgan fingerprint density at radius 3 is 0.890 bits per heavy atom. The summed E-state index contributed by atoms with van der Waals surface area (Å²) >= 11 is 0. The van der Waals surface area contributed by atoms with Crippen LogP contribution in [0.1, 0.15) is 0 Å². The van der Waals surface area contributed by atoms with E-state index in [0.29, 0.717) is 29.1 Å². The van der Waals surface area contributed by atoms with E-state index in [-0.39, 0.29) is 0 Å². The molecule has 0 atom stereocenters. The zero-order chi connectivity index (χ0) is 65.8. The lowest BCUT2D eigenvalue weighted by atomic mass is 10.0. The number of para-hydroxylation sites is 4. The average Bonchev–Trinajstić information content (AvgIpc) is 1.61. The molecule has 0 spiro atoms. The van der Waals surface area contributed by atoms with E-state index in [1.807, 2.05) is 30.9 Å². The molecule has 14 heteroatoms. The highest BCUT2D eigenvalue weighted by atomic mass is 15.1. The van der Waals surface area contributed by atoms with Gasteiger partial charge in [-0.15, -0.1) is 0 Å². The second kappa shape index (κ2) is 22.9. The predicted molar refractivity (Wildman–Crippen MR) is 400 cm³/mol. The van der Waals surface area contributed by atoms with E-state index < -0.39 is 0 Å². The van der Waals surface area contributed by atoms with Crippen molar-refractivity contribution in [2.45, 2.75) is 0 Å². The molecular weight excluding hydrogens is 1230 g/mol. The molecule has 0 saturated carbocycles. The van der Waals surface area contributed by atoms with E-state index in [1.165, 1.54) is 5.39 Å². The van der Waals surface area contributed by atoms with Gasteiger partial charge >= 0.3 is 0 Å². The van der Waals surface area contributed by atoms with Gasteiger partial charge < -0.3 is 18.3 Å². The number of benzene rings is 11. The first-order valence-corrected chi connectivity index (χ1v) is 33.1. The van der Waals surface area contributed by atoms with Gasteiger partial charge in [0.05, 0.1) is 91.7 Å². The van der Waals surface area contributed by atoms with Gasteiger partial charge in [0.2, 0.25) is 0 Å². The summed E-state index contributed by atoms with van der Waals surface area (Å²) in [5.74, 6) is 2.56. The molecule has 0 unspecified atom stereocenters. The number of fused-ring (bicyclic) bond motifs is 12. The molecule has 0 fully saturated rings. The second-order valence-electron chi connectivity index (χ2n) is 24.9. The fourth-order valence-electron chi connectivity index (χ4n) is 14.7. The molecule has 0 saturated heterocycles. The minimum absolute atomic E-state index is 0.477. The molecule has 466 valence electrons. The molecule has 0 aliphatic heterocycles. The summed E-state index contributed by atoms with van der Waals surface area (Å²) < 4.78 is 9.20. The van der Waals surface area contributed by atoms with Crippen LogP contribution in [0.4, 0.5) is 0 Å². The predicted octanol–water partition coefficient (Wildman–Crippen LogP) is 19.7. The zero-order valence-electron chi connectivity index (χ0n) is 53.3. The van der Waals surface area contributed by atoms with Crippen LogP contribution in [0.5, 0.6) is 0 Å². The van der Waals surface area contributed by atoms with Gasteiger partial charge in [-0.2, -0.15) is 0 Å². The lowest BCUT2D eigenvalue weighted by Crippen LogP contribution is -1.99. The van der Waals surface area contributed by atoms with Crippen molar-refractivity contribution >= 4 is 87.2 Å². The van der Waals surface area contributed by atoms with Crippen LogP contribution in [0, 0.1) is 0 Å². The van der Waals surface area contributed by atoms with E-state index in [0.717, 1.165) is 155 Å². The second-order valence-corrected chi connectivity index (χ2v) is 24.9. The van der Waals surface area contributed by atoms with Crippen molar-refractivity contribution in [3.63, 3.8) is 0 Å². The van der Waals surface area contributed by atoms with E-state index in [1.54, 1.807) is 36.9 Å². The molecule has 0 N–H and O–H groups in total. The first-order valence-electron chi connectivity index (χ1n) is 33.1. The summed E-state index contributed by atoms with van der Waals surface area (Å²) in [5, 5.41) is 9.21. The minimum atomic E-state index is 0.477.